The highest BCUT2D eigenvalue weighted by Crippen LogP contribution is 2.38. The Morgan fingerprint density at radius 1 is 1.05 bits per heavy atom. The molecule has 1 aliphatic rings. The highest BCUT2D eigenvalue weighted by molar-refractivity contribution is 7.10. The van der Waals surface area contributed by atoms with Crippen LogP contribution in [0.5, 0.6) is 5.75 Å². The van der Waals surface area contributed by atoms with Gasteiger partial charge in [0.25, 0.3) is 5.91 Å². The second-order valence-corrected chi connectivity index (χ2v) is 12.2. The normalized spacial score (nSPS) is 15.4. The molecule has 1 atom stereocenters. The molecule has 0 radical (unpaired) electrons. The van der Waals surface area contributed by atoms with Crippen LogP contribution in [0.25, 0.3) is 0 Å². The third kappa shape index (κ3) is 6.07. The summed E-state index contributed by atoms with van der Waals surface area (Å²) in [4.78, 5) is 32.4. The molecule has 0 aliphatic carbocycles. The lowest BCUT2D eigenvalue weighted by Gasteiger charge is -2.38. The molecule has 0 fully saturated rings. The number of hydrogen-bond acceptors (Lipinski definition) is 4. The molecule has 0 saturated carbocycles. The van der Waals surface area contributed by atoms with Gasteiger partial charge in [-0.3, -0.25) is 9.59 Å². The average molecular weight is 519 g/mol. The van der Waals surface area contributed by atoms with E-state index in [1.807, 2.05) is 53.4 Å². The number of methoxy groups -OCH3 is 1. The molecular weight excluding hydrogens is 480 g/mol. The van der Waals surface area contributed by atoms with Gasteiger partial charge in [-0.25, -0.2) is 0 Å². The highest BCUT2D eigenvalue weighted by Gasteiger charge is 2.34. The number of benzene rings is 2. The zero-order valence-electron chi connectivity index (χ0n) is 22.8. The lowest BCUT2D eigenvalue weighted by molar-refractivity contribution is -0.134. The fourth-order valence-corrected chi connectivity index (χ4v) is 5.84. The molecule has 2 heterocycles. The van der Waals surface area contributed by atoms with Crippen molar-refractivity contribution in [3.05, 3.63) is 87.1 Å². The predicted molar refractivity (Wildman–Crippen MR) is 150 cm³/mol. The average Bonchev–Trinajstić information content (AvgIpc) is 3.35. The zero-order chi connectivity index (χ0) is 26.7. The van der Waals surface area contributed by atoms with E-state index in [4.69, 9.17) is 4.74 Å². The van der Waals surface area contributed by atoms with Crippen LogP contribution in [0.3, 0.4) is 0 Å². The highest BCUT2D eigenvalue weighted by atomic mass is 32.1. The fourth-order valence-electron chi connectivity index (χ4n) is 4.94. The van der Waals surface area contributed by atoms with Gasteiger partial charge in [0, 0.05) is 23.5 Å². The topological polar surface area (TPSA) is 49.9 Å². The Bertz CT molecular complexity index is 1220. The van der Waals surface area contributed by atoms with Crippen LogP contribution >= 0.6 is 11.3 Å². The molecule has 1 aliphatic heterocycles. The van der Waals surface area contributed by atoms with Crippen LogP contribution in [0.4, 0.5) is 0 Å². The molecule has 2 amide bonds. The number of nitrogens with zero attached hydrogens (tertiary/aromatic N) is 2. The summed E-state index contributed by atoms with van der Waals surface area (Å²) in [7, 11) is 1.65. The van der Waals surface area contributed by atoms with Crippen LogP contribution in [0.1, 0.15) is 72.6 Å². The summed E-state index contributed by atoms with van der Waals surface area (Å²) < 4.78 is 5.35. The van der Waals surface area contributed by atoms with Crippen molar-refractivity contribution in [3.63, 3.8) is 0 Å². The van der Waals surface area contributed by atoms with E-state index in [1.54, 1.807) is 23.3 Å². The molecule has 2 aromatic carbocycles. The molecule has 0 saturated heterocycles. The van der Waals surface area contributed by atoms with Crippen molar-refractivity contribution in [2.75, 3.05) is 26.7 Å². The first-order valence-corrected chi connectivity index (χ1v) is 13.9. The van der Waals surface area contributed by atoms with Crippen LogP contribution in [-0.2, 0) is 16.6 Å². The molecule has 3 aromatic rings. The number of hydrogen-bond donors (Lipinski definition) is 0. The minimum absolute atomic E-state index is 0.0143. The minimum Gasteiger partial charge on any atom is -0.497 e. The monoisotopic (exact) mass is 518 g/mol. The summed E-state index contributed by atoms with van der Waals surface area (Å²) in [6, 6.07) is 17.7. The molecule has 4 rings (SSSR count). The molecule has 0 N–H and O–H groups in total. The molecule has 196 valence electrons. The smallest absolute Gasteiger partial charge is 0.254 e. The molecule has 1 unspecified atom stereocenters. The van der Waals surface area contributed by atoms with Crippen molar-refractivity contribution in [3.8, 4) is 5.75 Å². The Morgan fingerprint density at radius 2 is 1.73 bits per heavy atom. The zero-order valence-corrected chi connectivity index (χ0v) is 23.6. The number of fused-ring (bicyclic) bond motifs is 1. The summed E-state index contributed by atoms with van der Waals surface area (Å²) in [5, 5.41) is 2.10. The maximum Gasteiger partial charge on any atom is 0.254 e. The van der Waals surface area contributed by atoms with Gasteiger partial charge in [0.15, 0.2) is 0 Å². The van der Waals surface area contributed by atoms with Gasteiger partial charge in [-0.05, 0) is 70.2 Å². The number of carbonyl (C=O) groups is 2. The van der Waals surface area contributed by atoms with Crippen molar-refractivity contribution in [2.45, 2.75) is 52.5 Å². The van der Waals surface area contributed by atoms with Gasteiger partial charge in [-0.1, -0.05) is 58.9 Å². The standard InChI is InChI=1S/C31H38N2O3S/c1-21(2)19-32(30(35)23-7-11-24(12-8-23)31(3,4)5)20-28(34)33-17-15-27-26(16-18-37-27)29(33)22-9-13-25(36-6)14-10-22/h7-14,16,18,21,29H,15,17,19-20H2,1-6H3. The van der Waals surface area contributed by atoms with Gasteiger partial charge in [0.1, 0.15) is 12.3 Å². The van der Waals surface area contributed by atoms with E-state index >= 15 is 0 Å². The van der Waals surface area contributed by atoms with Gasteiger partial charge >= 0.3 is 0 Å². The van der Waals surface area contributed by atoms with Crippen LogP contribution in [0, 0.1) is 5.92 Å². The van der Waals surface area contributed by atoms with Crippen molar-refractivity contribution in [1.29, 1.82) is 0 Å². The van der Waals surface area contributed by atoms with Gasteiger partial charge in [-0.15, -0.1) is 11.3 Å². The molecular formula is C31H38N2O3S. The molecule has 1 aromatic heterocycles. The first-order valence-electron chi connectivity index (χ1n) is 13.0. The van der Waals surface area contributed by atoms with E-state index in [0.29, 0.717) is 18.7 Å². The molecule has 0 bridgehead atoms. The summed E-state index contributed by atoms with van der Waals surface area (Å²) in [5.41, 5.74) is 4.03. The predicted octanol–water partition coefficient (Wildman–Crippen LogP) is 6.33. The first-order chi connectivity index (χ1) is 17.6. The third-order valence-corrected chi connectivity index (χ3v) is 7.91. The van der Waals surface area contributed by atoms with Crippen LogP contribution in [0.2, 0.25) is 0 Å². The number of rotatable bonds is 7. The number of ether oxygens (including phenoxy) is 1. The Kier molecular flexibility index (Phi) is 8.08. The van der Waals surface area contributed by atoms with E-state index in [9.17, 15) is 9.59 Å². The summed E-state index contributed by atoms with van der Waals surface area (Å²) >= 11 is 1.75. The maximum atomic E-state index is 13.9. The quantitative estimate of drug-likeness (QED) is 0.367. The lowest BCUT2D eigenvalue weighted by atomic mass is 9.86. The summed E-state index contributed by atoms with van der Waals surface area (Å²) in [6.45, 7) is 11.8. The van der Waals surface area contributed by atoms with E-state index < -0.39 is 0 Å². The van der Waals surface area contributed by atoms with Crippen molar-refractivity contribution >= 4 is 23.2 Å². The van der Waals surface area contributed by atoms with Gasteiger partial charge in [-0.2, -0.15) is 0 Å². The second-order valence-electron chi connectivity index (χ2n) is 11.2. The Balaban J connectivity index is 1.60. The Hall–Kier alpha value is -3.12. The van der Waals surface area contributed by atoms with E-state index in [2.05, 4.69) is 46.1 Å². The minimum atomic E-state index is -0.171. The second kappa shape index (κ2) is 11.1. The largest absolute Gasteiger partial charge is 0.497 e. The Morgan fingerprint density at radius 3 is 2.32 bits per heavy atom. The molecule has 5 nitrogen and oxygen atoms in total. The Labute approximate surface area is 225 Å². The van der Waals surface area contributed by atoms with Crippen molar-refractivity contribution < 1.29 is 14.3 Å². The first kappa shape index (κ1) is 26.9. The van der Waals surface area contributed by atoms with E-state index in [0.717, 1.165) is 17.7 Å². The van der Waals surface area contributed by atoms with E-state index in [-0.39, 0.29) is 35.7 Å². The van der Waals surface area contributed by atoms with Crippen molar-refractivity contribution in [2.24, 2.45) is 5.92 Å². The molecule has 6 heteroatoms. The van der Waals surface area contributed by atoms with Crippen LogP contribution in [0.15, 0.2) is 60.0 Å². The number of carbonyl (C=O) groups excluding carboxylic acids is 2. The maximum absolute atomic E-state index is 13.9. The third-order valence-electron chi connectivity index (χ3n) is 6.91. The fraction of sp³-hybridized carbons (Fsp3) is 0.419. The SMILES string of the molecule is COc1ccc(C2c3ccsc3CCN2C(=O)CN(CC(C)C)C(=O)c2ccc(C(C)(C)C)cc2)cc1. The molecule has 37 heavy (non-hydrogen) atoms. The lowest BCUT2D eigenvalue weighted by Crippen LogP contribution is -2.47. The summed E-state index contributed by atoms with van der Waals surface area (Å²) in [5.74, 6) is 0.900. The number of thiophene rings is 1. The molecule has 0 spiro atoms. The van der Waals surface area contributed by atoms with Gasteiger partial charge in [0.05, 0.1) is 13.2 Å². The summed E-state index contributed by atoms with van der Waals surface area (Å²) in [6.07, 6.45) is 0.831. The number of amides is 2. The van der Waals surface area contributed by atoms with Gasteiger partial charge < -0.3 is 14.5 Å². The van der Waals surface area contributed by atoms with Crippen LogP contribution < -0.4 is 4.74 Å². The van der Waals surface area contributed by atoms with E-state index in [1.165, 1.54) is 16.0 Å². The van der Waals surface area contributed by atoms with Crippen molar-refractivity contribution in [1.82, 2.24) is 9.80 Å². The van der Waals surface area contributed by atoms with Gasteiger partial charge in [0.2, 0.25) is 5.91 Å². The van der Waals surface area contributed by atoms with Crippen LogP contribution in [-0.4, -0.2) is 48.4 Å².